The lowest BCUT2D eigenvalue weighted by Gasteiger charge is -2.43. The Morgan fingerprint density at radius 2 is 2.04 bits per heavy atom. The van der Waals surface area contributed by atoms with Crippen LogP contribution in [-0.2, 0) is 0 Å². The van der Waals surface area contributed by atoms with Crippen molar-refractivity contribution in [1.29, 1.82) is 0 Å². The molecule has 23 heavy (non-hydrogen) atoms. The number of carbonyl (C=O) groups is 2. The van der Waals surface area contributed by atoms with Crippen molar-refractivity contribution in [2.45, 2.75) is 19.0 Å². The summed E-state index contributed by atoms with van der Waals surface area (Å²) in [5.41, 5.74) is -0.661. The van der Waals surface area contributed by atoms with Crippen LogP contribution in [0.4, 0.5) is 9.18 Å². The minimum atomic E-state index is -0.997. The van der Waals surface area contributed by atoms with E-state index in [9.17, 15) is 14.0 Å². The first-order chi connectivity index (χ1) is 10.9. The van der Waals surface area contributed by atoms with E-state index in [-0.39, 0.29) is 17.7 Å². The van der Waals surface area contributed by atoms with Crippen molar-refractivity contribution in [1.82, 2.24) is 14.7 Å². The van der Waals surface area contributed by atoms with Crippen LogP contribution in [0.1, 0.15) is 23.4 Å². The molecular weight excluding hydrogens is 301 g/mol. The first-order valence-electron chi connectivity index (χ1n) is 7.86. The molecule has 126 valence electrons. The number of furan rings is 1. The Morgan fingerprint density at radius 1 is 1.30 bits per heavy atom. The average Bonchev–Trinajstić information content (AvgIpc) is 3.19. The van der Waals surface area contributed by atoms with Gasteiger partial charge < -0.3 is 19.1 Å². The molecule has 1 spiro atoms. The predicted molar refractivity (Wildman–Crippen MR) is 81.8 cm³/mol. The second kappa shape index (κ2) is 5.86. The minimum absolute atomic E-state index is 0.105. The summed E-state index contributed by atoms with van der Waals surface area (Å²) >= 11 is 0. The largest absolute Gasteiger partial charge is 0.459 e. The third-order valence-electron chi connectivity index (χ3n) is 4.88. The zero-order valence-corrected chi connectivity index (χ0v) is 13.5. The lowest BCUT2D eigenvalue weighted by atomic mass is 9.77. The maximum atomic E-state index is 14.6. The van der Waals surface area contributed by atoms with Crippen molar-refractivity contribution in [3.8, 4) is 0 Å². The number of carbonyl (C=O) groups excluding carboxylic acids is 2. The molecule has 0 aromatic carbocycles. The number of piperidine rings is 1. The summed E-state index contributed by atoms with van der Waals surface area (Å²) < 4.78 is 19.8. The fraction of sp³-hybridized carbons (Fsp3) is 0.625. The van der Waals surface area contributed by atoms with Gasteiger partial charge in [-0.25, -0.2) is 9.18 Å². The number of hydrogen-bond donors (Lipinski definition) is 0. The topological polar surface area (TPSA) is 57.0 Å². The van der Waals surface area contributed by atoms with Gasteiger partial charge >= 0.3 is 6.03 Å². The first-order valence-corrected chi connectivity index (χ1v) is 7.86. The van der Waals surface area contributed by atoms with Gasteiger partial charge in [-0.05, 0) is 25.0 Å². The number of hydrogen-bond acceptors (Lipinski definition) is 3. The lowest BCUT2D eigenvalue weighted by Crippen LogP contribution is -2.55. The molecule has 0 N–H and O–H groups in total. The molecule has 3 rings (SSSR count). The van der Waals surface area contributed by atoms with Crippen LogP contribution >= 0.6 is 0 Å². The third kappa shape index (κ3) is 2.80. The van der Waals surface area contributed by atoms with E-state index in [4.69, 9.17) is 4.42 Å². The standard InChI is InChI=1S/C16H22FN3O3/c1-18(2)15(22)20-7-5-13(17)16(11-20)6-8-19(10-16)14(21)12-4-3-9-23-12/h3-4,9,13H,5-8,10-11H2,1-2H3. The number of halogens is 1. The van der Waals surface area contributed by atoms with E-state index in [0.29, 0.717) is 39.0 Å². The number of nitrogens with zero attached hydrogens (tertiary/aromatic N) is 3. The van der Waals surface area contributed by atoms with Crippen LogP contribution in [0.25, 0.3) is 0 Å². The Kier molecular flexibility index (Phi) is 4.04. The number of amides is 3. The van der Waals surface area contributed by atoms with Crippen LogP contribution in [0.5, 0.6) is 0 Å². The monoisotopic (exact) mass is 323 g/mol. The van der Waals surface area contributed by atoms with E-state index in [1.54, 1.807) is 36.0 Å². The minimum Gasteiger partial charge on any atom is -0.459 e. The highest BCUT2D eigenvalue weighted by molar-refractivity contribution is 5.91. The number of urea groups is 1. The normalized spacial score (nSPS) is 27.5. The molecule has 2 fully saturated rings. The van der Waals surface area contributed by atoms with E-state index < -0.39 is 11.6 Å². The maximum absolute atomic E-state index is 14.6. The summed E-state index contributed by atoms with van der Waals surface area (Å²) in [5, 5.41) is 0. The Morgan fingerprint density at radius 3 is 2.70 bits per heavy atom. The van der Waals surface area contributed by atoms with Crippen LogP contribution < -0.4 is 0 Å². The van der Waals surface area contributed by atoms with Gasteiger partial charge in [0.05, 0.1) is 6.26 Å². The van der Waals surface area contributed by atoms with Gasteiger partial charge in [-0.15, -0.1) is 0 Å². The molecule has 2 saturated heterocycles. The molecule has 1 aromatic rings. The third-order valence-corrected chi connectivity index (χ3v) is 4.88. The highest BCUT2D eigenvalue weighted by atomic mass is 19.1. The van der Waals surface area contributed by atoms with Crippen molar-refractivity contribution in [2.24, 2.45) is 5.41 Å². The van der Waals surface area contributed by atoms with E-state index in [0.717, 1.165) is 0 Å². The Bertz CT molecular complexity index is 589. The zero-order chi connectivity index (χ0) is 16.6. The van der Waals surface area contributed by atoms with Gasteiger partial charge in [0.25, 0.3) is 5.91 Å². The van der Waals surface area contributed by atoms with Crippen molar-refractivity contribution in [2.75, 3.05) is 40.3 Å². The molecule has 2 aliphatic heterocycles. The fourth-order valence-electron chi connectivity index (χ4n) is 3.59. The maximum Gasteiger partial charge on any atom is 0.319 e. The molecule has 3 heterocycles. The summed E-state index contributed by atoms with van der Waals surface area (Å²) in [4.78, 5) is 29.4. The van der Waals surface area contributed by atoms with Gasteiger partial charge in [0.15, 0.2) is 5.76 Å². The van der Waals surface area contributed by atoms with Crippen LogP contribution in [0.15, 0.2) is 22.8 Å². The molecule has 0 saturated carbocycles. The van der Waals surface area contributed by atoms with Gasteiger partial charge in [0, 0.05) is 45.7 Å². The molecule has 0 radical (unpaired) electrons. The van der Waals surface area contributed by atoms with Gasteiger partial charge in [0.1, 0.15) is 6.17 Å². The van der Waals surface area contributed by atoms with E-state index >= 15 is 0 Å². The van der Waals surface area contributed by atoms with Crippen molar-refractivity contribution in [3.63, 3.8) is 0 Å². The van der Waals surface area contributed by atoms with Crippen LogP contribution in [-0.4, -0.2) is 73.1 Å². The highest BCUT2D eigenvalue weighted by Gasteiger charge is 2.50. The van der Waals surface area contributed by atoms with Gasteiger partial charge in [0.2, 0.25) is 0 Å². The molecule has 0 aliphatic carbocycles. The number of likely N-dealkylation sites (tertiary alicyclic amines) is 2. The molecule has 3 amide bonds. The molecule has 1 aromatic heterocycles. The average molecular weight is 323 g/mol. The summed E-state index contributed by atoms with van der Waals surface area (Å²) in [5.74, 6) is 0.0598. The number of rotatable bonds is 1. The Labute approximate surface area is 134 Å². The molecule has 2 unspecified atom stereocenters. The summed E-state index contributed by atoms with van der Waals surface area (Å²) in [6.45, 7) is 1.59. The highest BCUT2D eigenvalue weighted by Crippen LogP contribution is 2.41. The lowest BCUT2D eigenvalue weighted by molar-refractivity contribution is 0.0201. The summed E-state index contributed by atoms with van der Waals surface area (Å²) in [7, 11) is 3.38. The molecule has 2 atom stereocenters. The molecule has 7 heteroatoms. The quantitative estimate of drug-likeness (QED) is 0.792. The predicted octanol–water partition coefficient (Wildman–Crippen LogP) is 1.84. The van der Waals surface area contributed by atoms with Crippen molar-refractivity contribution >= 4 is 11.9 Å². The Hall–Kier alpha value is -2.05. The molecule has 0 bridgehead atoms. The van der Waals surface area contributed by atoms with Crippen LogP contribution in [0, 0.1) is 5.41 Å². The van der Waals surface area contributed by atoms with Gasteiger partial charge in [-0.1, -0.05) is 0 Å². The van der Waals surface area contributed by atoms with E-state index in [2.05, 4.69) is 0 Å². The molecular formula is C16H22FN3O3. The first kappa shape index (κ1) is 15.8. The second-order valence-electron chi connectivity index (χ2n) is 6.67. The SMILES string of the molecule is CN(C)C(=O)N1CCC(F)C2(CCN(C(=O)c3ccco3)C2)C1. The fourth-order valence-corrected chi connectivity index (χ4v) is 3.59. The zero-order valence-electron chi connectivity index (χ0n) is 13.5. The number of alkyl halides is 1. The molecule has 2 aliphatic rings. The van der Waals surface area contributed by atoms with Gasteiger partial charge in [-0.2, -0.15) is 0 Å². The smallest absolute Gasteiger partial charge is 0.319 e. The second-order valence-corrected chi connectivity index (χ2v) is 6.67. The van der Waals surface area contributed by atoms with Crippen molar-refractivity contribution < 1.29 is 18.4 Å². The van der Waals surface area contributed by atoms with Crippen LogP contribution in [0.2, 0.25) is 0 Å². The van der Waals surface area contributed by atoms with Crippen molar-refractivity contribution in [3.05, 3.63) is 24.2 Å². The Balaban J connectivity index is 1.73. The summed E-state index contributed by atoms with van der Waals surface area (Å²) in [6, 6.07) is 3.17. The van der Waals surface area contributed by atoms with Gasteiger partial charge in [-0.3, -0.25) is 4.79 Å². The van der Waals surface area contributed by atoms with E-state index in [1.807, 2.05) is 0 Å². The summed E-state index contributed by atoms with van der Waals surface area (Å²) in [6.07, 6.45) is 1.35. The van der Waals surface area contributed by atoms with E-state index in [1.165, 1.54) is 11.2 Å². The molecule has 6 nitrogen and oxygen atoms in total. The van der Waals surface area contributed by atoms with Crippen LogP contribution in [0.3, 0.4) is 0 Å².